The maximum Gasteiger partial charge on any atom is 0.257 e. The highest BCUT2D eigenvalue weighted by Crippen LogP contribution is 2.29. The van der Waals surface area contributed by atoms with Crippen molar-refractivity contribution in [1.82, 2.24) is 9.88 Å². The van der Waals surface area contributed by atoms with Crippen LogP contribution in [0.1, 0.15) is 27.2 Å². The number of hydrogen-bond acceptors (Lipinski definition) is 4. The summed E-state index contributed by atoms with van der Waals surface area (Å²) in [6, 6.07) is 1.94. The van der Waals surface area contributed by atoms with Gasteiger partial charge in [-0.2, -0.15) is 0 Å². The van der Waals surface area contributed by atoms with Crippen molar-refractivity contribution in [3.05, 3.63) is 44.6 Å². The molecule has 1 aromatic heterocycles. The zero-order chi connectivity index (χ0) is 15.6. The highest BCUT2D eigenvalue weighted by atomic mass is 35.5. The molecule has 4 nitrogen and oxygen atoms in total. The molecule has 0 saturated heterocycles. The van der Waals surface area contributed by atoms with E-state index >= 15 is 0 Å². The molecule has 0 saturated carbocycles. The van der Waals surface area contributed by atoms with Crippen molar-refractivity contribution in [1.29, 1.82) is 0 Å². The van der Waals surface area contributed by atoms with E-state index in [2.05, 4.69) is 4.98 Å². The molecular weight excluding hydrogens is 315 g/mol. The molecule has 21 heavy (non-hydrogen) atoms. The van der Waals surface area contributed by atoms with Crippen LogP contribution in [0.4, 0.5) is 4.39 Å². The number of aromatic hydroxyl groups is 1. The fraction of sp³-hybridized carbons (Fsp3) is 0.286. The molecule has 0 aliphatic heterocycles. The van der Waals surface area contributed by atoms with Gasteiger partial charge in [0, 0.05) is 18.1 Å². The maximum absolute atomic E-state index is 13.3. The third-order valence-corrected chi connectivity index (χ3v) is 4.32. The average molecular weight is 329 g/mol. The van der Waals surface area contributed by atoms with E-state index in [1.807, 2.05) is 6.92 Å². The summed E-state index contributed by atoms with van der Waals surface area (Å²) < 4.78 is 13.3. The number of amides is 1. The fourth-order valence-corrected chi connectivity index (χ4v) is 2.95. The first kappa shape index (κ1) is 15.7. The number of benzene rings is 1. The predicted molar refractivity (Wildman–Crippen MR) is 80.4 cm³/mol. The van der Waals surface area contributed by atoms with Gasteiger partial charge in [0.2, 0.25) is 0 Å². The van der Waals surface area contributed by atoms with Crippen LogP contribution in [0.15, 0.2) is 18.3 Å². The molecule has 1 N–H and O–H groups in total. The quantitative estimate of drug-likeness (QED) is 0.935. The fourth-order valence-electron chi connectivity index (χ4n) is 1.82. The standard InChI is InChI=1S/C14H14ClFN2O2S/c1-3-12-17-6-9(21-12)7-18(2)14(20)10-4-8(16)5-11(15)13(10)19/h4-6,19H,3,7H2,1-2H3. The summed E-state index contributed by atoms with van der Waals surface area (Å²) in [5.41, 5.74) is -0.150. The second-order valence-electron chi connectivity index (χ2n) is 4.52. The first-order valence-electron chi connectivity index (χ1n) is 6.29. The van der Waals surface area contributed by atoms with Crippen LogP contribution in [-0.4, -0.2) is 27.9 Å². The lowest BCUT2D eigenvalue weighted by Gasteiger charge is -2.17. The number of aryl methyl sites for hydroxylation is 1. The van der Waals surface area contributed by atoms with Gasteiger partial charge in [-0.3, -0.25) is 4.79 Å². The zero-order valence-electron chi connectivity index (χ0n) is 11.6. The van der Waals surface area contributed by atoms with E-state index in [0.29, 0.717) is 6.54 Å². The number of aromatic nitrogens is 1. The third kappa shape index (κ3) is 3.51. The number of phenols is 1. The number of carbonyl (C=O) groups excluding carboxylic acids is 1. The SMILES string of the molecule is CCc1ncc(CN(C)C(=O)c2cc(F)cc(Cl)c2O)s1. The van der Waals surface area contributed by atoms with Crippen molar-refractivity contribution in [2.24, 2.45) is 0 Å². The Morgan fingerprint density at radius 3 is 2.86 bits per heavy atom. The summed E-state index contributed by atoms with van der Waals surface area (Å²) in [5, 5.41) is 10.6. The molecular formula is C14H14ClFN2O2S. The molecule has 2 rings (SSSR count). The van der Waals surface area contributed by atoms with Gasteiger partial charge in [0.05, 0.1) is 22.1 Å². The van der Waals surface area contributed by atoms with Gasteiger partial charge in [-0.05, 0) is 18.6 Å². The third-order valence-electron chi connectivity index (χ3n) is 2.90. The maximum atomic E-state index is 13.3. The van der Waals surface area contributed by atoms with Crippen LogP contribution < -0.4 is 0 Å². The topological polar surface area (TPSA) is 53.4 Å². The van der Waals surface area contributed by atoms with E-state index in [1.54, 1.807) is 13.2 Å². The first-order chi connectivity index (χ1) is 9.92. The van der Waals surface area contributed by atoms with Crippen LogP contribution in [0.3, 0.4) is 0 Å². The Hall–Kier alpha value is -1.66. The molecule has 0 aliphatic carbocycles. The van der Waals surface area contributed by atoms with Crippen molar-refractivity contribution < 1.29 is 14.3 Å². The number of thiazole rings is 1. The first-order valence-corrected chi connectivity index (χ1v) is 7.48. The van der Waals surface area contributed by atoms with E-state index < -0.39 is 17.5 Å². The molecule has 0 fully saturated rings. The smallest absolute Gasteiger partial charge is 0.257 e. The van der Waals surface area contributed by atoms with Crippen LogP contribution in [0, 0.1) is 5.82 Å². The van der Waals surface area contributed by atoms with Crippen LogP contribution in [-0.2, 0) is 13.0 Å². The van der Waals surface area contributed by atoms with Gasteiger partial charge in [0.15, 0.2) is 0 Å². The van der Waals surface area contributed by atoms with Crippen LogP contribution in [0.2, 0.25) is 5.02 Å². The number of phenolic OH excluding ortho intramolecular Hbond substituents is 1. The number of nitrogens with zero attached hydrogens (tertiary/aromatic N) is 2. The van der Waals surface area contributed by atoms with Crippen molar-refractivity contribution in [2.45, 2.75) is 19.9 Å². The zero-order valence-corrected chi connectivity index (χ0v) is 13.1. The van der Waals surface area contributed by atoms with Crippen LogP contribution in [0.25, 0.3) is 0 Å². The average Bonchev–Trinajstić information content (AvgIpc) is 2.89. The minimum Gasteiger partial charge on any atom is -0.506 e. The predicted octanol–water partition coefficient (Wildman–Crippen LogP) is 3.48. The minimum atomic E-state index is -0.666. The lowest BCUT2D eigenvalue weighted by molar-refractivity contribution is 0.0783. The van der Waals surface area contributed by atoms with E-state index in [1.165, 1.54) is 16.2 Å². The molecule has 7 heteroatoms. The monoisotopic (exact) mass is 328 g/mol. The van der Waals surface area contributed by atoms with Gasteiger partial charge in [-0.25, -0.2) is 9.37 Å². The summed E-state index contributed by atoms with van der Waals surface area (Å²) >= 11 is 7.20. The summed E-state index contributed by atoms with van der Waals surface area (Å²) in [4.78, 5) is 18.8. The molecule has 0 atom stereocenters. The normalized spacial score (nSPS) is 10.7. The van der Waals surface area contributed by atoms with E-state index in [0.717, 1.165) is 28.4 Å². The second-order valence-corrected chi connectivity index (χ2v) is 6.13. The van der Waals surface area contributed by atoms with Crippen molar-refractivity contribution in [3.8, 4) is 5.75 Å². The molecule has 1 amide bonds. The van der Waals surface area contributed by atoms with Crippen LogP contribution >= 0.6 is 22.9 Å². The Morgan fingerprint density at radius 2 is 2.24 bits per heavy atom. The van der Waals surface area contributed by atoms with Gasteiger partial charge in [-0.15, -0.1) is 11.3 Å². The lowest BCUT2D eigenvalue weighted by atomic mass is 10.1. The number of hydrogen-bond donors (Lipinski definition) is 1. The molecule has 112 valence electrons. The van der Waals surface area contributed by atoms with Crippen molar-refractivity contribution in [3.63, 3.8) is 0 Å². The molecule has 0 bridgehead atoms. The molecule has 0 unspecified atom stereocenters. The summed E-state index contributed by atoms with van der Waals surface area (Å²) in [7, 11) is 1.58. The van der Waals surface area contributed by atoms with Gasteiger partial charge in [0.1, 0.15) is 11.6 Å². The molecule has 0 aliphatic rings. The van der Waals surface area contributed by atoms with Crippen molar-refractivity contribution in [2.75, 3.05) is 7.05 Å². The van der Waals surface area contributed by atoms with E-state index in [-0.39, 0.29) is 10.6 Å². The van der Waals surface area contributed by atoms with Crippen molar-refractivity contribution >= 4 is 28.8 Å². The van der Waals surface area contributed by atoms with Gasteiger partial charge in [-0.1, -0.05) is 18.5 Å². The molecule has 1 heterocycles. The second kappa shape index (κ2) is 6.41. The number of halogens is 2. The molecule has 2 aromatic rings. The van der Waals surface area contributed by atoms with Crippen LogP contribution in [0.5, 0.6) is 5.75 Å². The van der Waals surface area contributed by atoms with Gasteiger partial charge >= 0.3 is 0 Å². The van der Waals surface area contributed by atoms with Gasteiger partial charge < -0.3 is 10.0 Å². The highest BCUT2D eigenvalue weighted by Gasteiger charge is 2.20. The summed E-state index contributed by atoms with van der Waals surface area (Å²) in [6.45, 7) is 2.34. The van der Waals surface area contributed by atoms with E-state index in [4.69, 9.17) is 11.6 Å². The largest absolute Gasteiger partial charge is 0.506 e. The Labute approximate surface area is 130 Å². The Morgan fingerprint density at radius 1 is 1.52 bits per heavy atom. The molecule has 0 radical (unpaired) electrons. The van der Waals surface area contributed by atoms with Gasteiger partial charge in [0.25, 0.3) is 5.91 Å². The summed E-state index contributed by atoms with van der Waals surface area (Å²) in [6.07, 6.45) is 2.55. The molecule has 1 aromatic carbocycles. The Bertz CT molecular complexity index is 675. The highest BCUT2D eigenvalue weighted by molar-refractivity contribution is 7.11. The summed E-state index contributed by atoms with van der Waals surface area (Å²) in [5.74, 6) is -1.57. The molecule has 0 spiro atoms. The number of rotatable bonds is 4. The Balaban J connectivity index is 2.19. The number of carbonyl (C=O) groups is 1. The lowest BCUT2D eigenvalue weighted by Crippen LogP contribution is -2.26. The Kier molecular flexibility index (Phi) is 4.80. The minimum absolute atomic E-state index is 0.150. The van der Waals surface area contributed by atoms with E-state index in [9.17, 15) is 14.3 Å².